The average Bonchev–Trinajstić information content (AvgIpc) is 2.62. The third kappa shape index (κ3) is 10.9. The van der Waals surface area contributed by atoms with Gasteiger partial charge in [0.2, 0.25) is 0 Å². The molecule has 0 spiro atoms. The van der Waals surface area contributed by atoms with E-state index in [0.717, 1.165) is 23.8 Å². The quantitative estimate of drug-likeness (QED) is 0.317. The number of aliphatic imine (C=N–C) groups is 1. The second-order valence-corrected chi connectivity index (χ2v) is 5.92. The van der Waals surface area contributed by atoms with Crippen molar-refractivity contribution in [3.63, 3.8) is 0 Å². The number of guanidine groups is 1. The van der Waals surface area contributed by atoms with Crippen LogP contribution < -0.4 is 15.4 Å². The van der Waals surface area contributed by atoms with E-state index < -0.39 is 0 Å². The highest BCUT2D eigenvalue weighted by Gasteiger charge is 2.02. The van der Waals surface area contributed by atoms with Crippen LogP contribution in [0.2, 0.25) is 0 Å². The molecule has 148 valence electrons. The van der Waals surface area contributed by atoms with Gasteiger partial charge >= 0.3 is 0 Å². The van der Waals surface area contributed by atoms with Crippen molar-refractivity contribution in [2.24, 2.45) is 4.99 Å². The van der Waals surface area contributed by atoms with Gasteiger partial charge in [0.1, 0.15) is 5.75 Å². The summed E-state index contributed by atoms with van der Waals surface area (Å²) in [6.45, 7) is 7.88. The Hall–Kier alpha value is -1.83. The van der Waals surface area contributed by atoms with Gasteiger partial charge in [0.05, 0.1) is 25.9 Å². The molecule has 0 bridgehead atoms. The lowest BCUT2D eigenvalue weighted by Gasteiger charge is -2.14. The SMILES string of the molecule is COCCNC(=NCCCOCCOC)Nc1ccc(OC(C)C)cc1. The van der Waals surface area contributed by atoms with Gasteiger partial charge in [-0.1, -0.05) is 0 Å². The van der Waals surface area contributed by atoms with Crippen LogP contribution in [-0.4, -0.2) is 65.8 Å². The predicted octanol–water partition coefficient (Wildman–Crippen LogP) is 2.53. The minimum atomic E-state index is 0.160. The van der Waals surface area contributed by atoms with Crippen LogP contribution in [0.5, 0.6) is 5.75 Å². The van der Waals surface area contributed by atoms with Gasteiger partial charge in [0, 0.05) is 39.6 Å². The maximum absolute atomic E-state index is 5.66. The lowest BCUT2D eigenvalue weighted by atomic mass is 10.3. The van der Waals surface area contributed by atoms with E-state index in [4.69, 9.17) is 18.9 Å². The van der Waals surface area contributed by atoms with Gasteiger partial charge in [-0.15, -0.1) is 0 Å². The number of anilines is 1. The van der Waals surface area contributed by atoms with Gasteiger partial charge in [-0.3, -0.25) is 4.99 Å². The summed E-state index contributed by atoms with van der Waals surface area (Å²) in [7, 11) is 3.34. The molecule has 1 rings (SSSR count). The van der Waals surface area contributed by atoms with Gasteiger partial charge < -0.3 is 29.6 Å². The lowest BCUT2D eigenvalue weighted by Crippen LogP contribution is -2.33. The second-order valence-electron chi connectivity index (χ2n) is 5.92. The van der Waals surface area contributed by atoms with Crippen LogP contribution in [0, 0.1) is 0 Å². The van der Waals surface area contributed by atoms with Crippen LogP contribution in [0.25, 0.3) is 0 Å². The van der Waals surface area contributed by atoms with Crippen LogP contribution >= 0.6 is 0 Å². The van der Waals surface area contributed by atoms with Gasteiger partial charge in [0.15, 0.2) is 5.96 Å². The van der Waals surface area contributed by atoms with E-state index in [1.165, 1.54) is 0 Å². The lowest BCUT2D eigenvalue weighted by molar-refractivity contribution is 0.0702. The molecule has 0 unspecified atom stereocenters. The zero-order valence-electron chi connectivity index (χ0n) is 16.4. The van der Waals surface area contributed by atoms with Crippen molar-refractivity contribution in [3.8, 4) is 5.75 Å². The fourth-order valence-electron chi connectivity index (χ4n) is 2.04. The molecule has 0 aliphatic heterocycles. The molecule has 0 atom stereocenters. The topological polar surface area (TPSA) is 73.3 Å². The van der Waals surface area contributed by atoms with Crippen LogP contribution in [0.1, 0.15) is 20.3 Å². The third-order valence-corrected chi connectivity index (χ3v) is 3.24. The standard InChI is InChI=1S/C19H33N3O4/c1-16(2)26-18-8-6-17(7-9-18)22-19(21-11-13-23-3)20-10-5-12-25-15-14-24-4/h6-9,16H,5,10-15H2,1-4H3,(H2,20,21,22). The molecule has 0 saturated heterocycles. The second kappa shape index (κ2) is 14.4. The molecule has 0 saturated carbocycles. The van der Waals surface area contributed by atoms with Crippen LogP contribution in [0.15, 0.2) is 29.3 Å². The summed E-state index contributed by atoms with van der Waals surface area (Å²) in [5, 5.41) is 6.55. The highest BCUT2D eigenvalue weighted by Crippen LogP contribution is 2.16. The Kier molecular flexibility index (Phi) is 12.3. The van der Waals surface area contributed by atoms with E-state index in [2.05, 4.69) is 15.6 Å². The smallest absolute Gasteiger partial charge is 0.195 e. The first kappa shape index (κ1) is 22.2. The Bertz CT molecular complexity index is 492. The number of hydrogen-bond donors (Lipinski definition) is 2. The molecule has 2 N–H and O–H groups in total. The first-order chi connectivity index (χ1) is 12.7. The van der Waals surface area contributed by atoms with Crippen molar-refractivity contribution >= 4 is 11.6 Å². The van der Waals surface area contributed by atoms with E-state index in [1.807, 2.05) is 38.1 Å². The molecular weight excluding hydrogens is 334 g/mol. The Morgan fingerprint density at radius 1 is 1.00 bits per heavy atom. The van der Waals surface area contributed by atoms with Gasteiger partial charge in [-0.2, -0.15) is 0 Å². The van der Waals surface area contributed by atoms with Gasteiger partial charge in [-0.25, -0.2) is 0 Å². The molecule has 0 radical (unpaired) electrons. The summed E-state index contributed by atoms with van der Waals surface area (Å²) in [4.78, 5) is 4.58. The highest BCUT2D eigenvalue weighted by molar-refractivity contribution is 5.93. The fourth-order valence-corrected chi connectivity index (χ4v) is 2.04. The summed E-state index contributed by atoms with van der Waals surface area (Å²) >= 11 is 0. The molecule has 0 amide bonds. The Morgan fingerprint density at radius 2 is 1.73 bits per heavy atom. The summed E-state index contributed by atoms with van der Waals surface area (Å²) in [6, 6.07) is 7.83. The predicted molar refractivity (Wildman–Crippen MR) is 105 cm³/mol. The minimum Gasteiger partial charge on any atom is -0.491 e. The number of hydrogen-bond acceptors (Lipinski definition) is 5. The molecule has 7 nitrogen and oxygen atoms in total. The summed E-state index contributed by atoms with van der Waals surface area (Å²) in [6.07, 6.45) is 1.01. The summed E-state index contributed by atoms with van der Waals surface area (Å²) in [5.74, 6) is 1.57. The molecule has 0 aromatic heterocycles. The molecule has 1 aromatic carbocycles. The number of nitrogens with one attached hydrogen (secondary N) is 2. The van der Waals surface area contributed by atoms with E-state index in [-0.39, 0.29) is 6.10 Å². The van der Waals surface area contributed by atoms with Gasteiger partial charge in [0.25, 0.3) is 0 Å². The molecule has 0 fully saturated rings. The molecular formula is C19H33N3O4. The molecule has 0 aliphatic rings. The van der Waals surface area contributed by atoms with Crippen molar-refractivity contribution < 1.29 is 18.9 Å². The van der Waals surface area contributed by atoms with Gasteiger partial charge in [-0.05, 0) is 44.5 Å². The van der Waals surface area contributed by atoms with E-state index in [0.29, 0.717) is 39.5 Å². The molecule has 0 aliphatic carbocycles. The summed E-state index contributed by atoms with van der Waals surface area (Å²) < 4.78 is 21.1. The maximum atomic E-state index is 5.66. The number of ether oxygens (including phenoxy) is 4. The first-order valence-corrected chi connectivity index (χ1v) is 9.03. The third-order valence-electron chi connectivity index (χ3n) is 3.24. The number of benzene rings is 1. The summed E-state index contributed by atoms with van der Waals surface area (Å²) in [5.41, 5.74) is 0.945. The van der Waals surface area contributed by atoms with E-state index in [9.17, 15) is 0 Å². The molecule has 0 heterocycles. The average molecular weight is 367 g/mol. The number of rotatable bonds is 13. The maximum Gasteiger partial charge on any atom is 0.195 e. The Balaban J connectivity index is 2.49. The largest absolute Gasteiger partial charge is 0.491 e. The van der Waals surface area contributed by atoms with Crippen LogP contribution in [0.4, 0.5) is 5.69 Å². The zero-order chi connectivity index (χ0) is 19.0. The van der Waals surface area contributed by atoms with Crippen molar-refractivity contribution in [3.05, 3.63) is 24.3 Å². The fraction of sp³-hybridized carbons (Fsp3) is 0.632. The molecule has 1 aromatic rings. The van der Waals surface area contributed by atoms with Crippen LogP contribution in [-0.2, 0) is 14.2 Å². The number of nitrogens with zero attached hydrogens (tertiary/aromatic N) is 1. The Labute approximate surface area is 157 Å². The minimum absolute atomic E-state index is 0.160. The Morgan fingerprint density at radius 3 is 2.38 bits per heavy atom. The molecule has 26 heavy (non-hydrogen) atoms. The zero-order valence-corrected chi connectivity index (χ0v) is 16.4. The van der Waals surface area contributed by atoms with Crippen LogP contribution in [0.3, 0.4) is 0 Å². The molecule has 7 heteroatoms. The van der Waals surface area contributed by atoms with Crippen molar-refractivity contribution in [2.75, 3.05) is 59.1 Å². The highest BCUT2D eigenvalue weighted by atomic mass is 16.5. The van der Waals surface area contributed by atoms with Crippen molar-refractivity contribution in [2.45, 2.75) is 26.4 Å². The number of methoxy groups -OCH3 is 2. The monoisotopic (exact) mass is 367 g/mol. The van der Waals surface area contributed by atoms with Crippen molar-refractivity contribution in [1.29, 1.82) is 0 Å². The normalized spacial score (nSPS) is 11.7. The first-order valence-electron chi connectivity index (χ1n) is 9.03. The van der Waals surface area contributed by atoms with E-state index >= 15 is 0 Å². The van der Waals surface area contributed by atoms with E-state index in [1.54, 1.807) is 14.2 Å². The van der Waals surface area contributed by atoms with Crippen molar-refractivity contribution in [1.82, 2.24) is 5.32 Å².